The summed E-state index contributed by atoms with van der Waals surface area (Å²) in [4.78, 5) is 19.2. The summed E-state index contributed by atoms with van der Waals surface area (Å²) in [6.07, 6.45) is 4.06. The van der Waals surface area contributed by atoms with E-state index in [1.54, 1.807) is 5.01 Å². The van der Waals surface area contributed by atoms with Crippen molar-refractivity contribution in [3.8, 4) is 17.0 Å². The molecule has 6 rings (SSSR count). The average molecular weight is 585 g/mol. The van der Waals surface area contributed by atoms with Crippen LogP contribution in [0.25, 0.3) is 11.3 Å². The van der Waals surface area contributed by atoms with E-state index >= 15 is 0 Å². The molecule has 3 aliphatic heterocycles. The highest BCUT2D eigenvalue weighted by molar-refractivity contribution is 5.92. The summed E-state index contributed by atoms with van der Waals surface area (Å²) < 4.78 is 18.1. The summed E-state index contributed by atoms with van der Waals surface area (Å²) in [7, 11) is 0. The van der Waals surface area contributed by atoms with Crippen LogP contribution in [0.4, 0.5) is 5.82 Å². The van der Waals surface area contributed by atoms with Gasteiger partial charge in [0.15, 0.2) is 12.0 Å². The maximum atomic E-state index is 11.8. The van der Waals surface area contributed by atoms with E-state index in [0.29, 0.717) is 25.1 Å². The van der Waals surface area contributed by atoms with Crippen LogP contribution in [0, 0.1) is 19.8 Å². The van der Waals surface area contributed by atoms with Crippen LogP contribution in [-0.4, -0.2) is 65.8 Å². The Kier molecular flexibility index (Phi) is 8.74. The number of ether oxygens (including phenoxy) is 3. The number of benzene rings is 2. The number of carbonyl (C=O) groups is 1. The average Bonchev–Trinajstić information content (AvgIpc) is 3.46. The Morgan fingerprint density at radius 1 is 1.14 bits per heavy atom. The second kappa shape index (κ2) is 12.8. The molecule has 2 unspecified atom stereocenters. The number of hydrogen-bond acceptors (Lipinski definition) is 8. The fourth-order valence-electron chi connectivity index (χ4n) is 6.44. The highest BCUT2D eigenvalue weighted by atomic mass is 16.5. The molecule has 1 saturated heterocycles. The molecule has 43 heavy (non-hydrogen) atoms. The van der Waals surface area contributed by atoms with Crippen molar-refractivity contribution in [2.24, 2.45) is 11.0 Å². The minimum Gasteiger partial charge on any atom is -0.488 e. The zero-order valence-corrected chi connectivity index (χ0v) is 25.2. The van der Waals surface area contributed by atoms with Gasteiger partial charge in [0, 0.05) is 44.1 Å². The molecule has 0 amide bonds. The maximum Gasteiger partial charge on any atom is 0.316 e. The molecule has 1 aromatic heterocycles. The Morgan fingerprint density at radius 3 is 2.79 bits per heavy atom. The maximum absolute atomic E-state index is 11.8. The molecule has 4 heterocycles. The fourth-order valence-corrected chi connectivity index (χ4v) is 6.44. The van der Waals surface area contributed by atoms with Crippen molar-refractivity contribution in [1.82, 2.24) is 9.88 Å². The molecular weight excluding hydrogens is 544 g/mol. The molecule has 0 radical (unpaired) electrons. The molecule has 0 spiro atoms. The standard InChI is InChI=1S/C34H40N4O5/c1-4-42-33-29(34(39)40)18-35-38(33)31-12-6-11-30(36-31)28-10-5-8-22(2)32(28)43-20-25-14-13-24-19-37(16-15-27(24)23(25)3)26-9-7-17-41-21-26/h5-6,8,10-14,18,26,29,33H,4,7,9,15-17,19-21H2,1-3H3,(H,39,40)/t26-,29?,33?/m1/s1. The van der Waals surface area contributed by atoms with Gasteiger partial charge < -0.3 is 19.3 Å². The largest absolute Gasteiger partial charge is 0.488 e. The van der Waals surface area contributed by atoms with Gasteiger partial charge in [-0.1, -0.05) is 30.3 Å². The first kappa shape index (κ1) is 29.3. The van der Waals surface area contributed by atoms with Gasteiger partial charge in [0.1, 0.15) is 18.3 Å². The number of para-hydroxylation sites is 1. The van der Waals surface area contributed by atoms with Crippen molar-refractivity contribution in [3.05, 3.63) is 76.3 Å². The molecular formula is C34H40N4O5. The molecule has 1 fully saturated rings. The van der Waals surface area contributed by atoms with Crippen LogP contribution >= 0.6 is 0 Å². The smallest absolute Gasteiger partial charge is 0.316 e. The minimum absolute atomic E-state index is 0.361. The Morgan fingerprint density at radius 2 is 2.00 bits per heavy atom. The van der Waals surface area contributed by atoms with Crippen molar-refractivity contribution >= 4 is 18.0 Å². The lowest BCUT2D eigenvalue weighted by Gasteiger charge is -2.38. The molecule has 1 N–H and O–H groups in total. The lowest BCUT2D eigenvalue weighted by atomic mass is 9.91. The number of hydrogen-bond donors (Lipinski definition) is 1. The highest BCUT2D eigenvalue weighted by Crippen LogP contribution is 2.35. The number of nitrogens with zero attached hydrogens (tertiary/aromatic N) is 4. The number of aryl methyl sites for hydroxylation is 1. The Bertz CT molecular complexity index is 1500. The first-order valence-corrected chi connectivity index (χ1v) is 15.2. The van der Waals surface area contributed by atoms with Crippen LogP contribution in [0.5, 0.6) is 5.75 Å². The van der Waals surface area contributed by atoms with Gasteiger partial charge in [-0.2, -0.15) is 5.10 Å². The van der Waals surface area contributed by atoms with Crippen LogP contribution in [0.15, 0.2) is 53.6 Å². The number of fused-ring (bicyclic) bond motifs is 1. The van der Waals surface area contributed by atoms with Crippen LogP contribution in [0.3, 0.4) is 0 Å². The van der Waals surface area contributed by atoms with E-state index in [2.05, 4.69) is 29.1 Å². The summed E-state index contributed by atoms with van der Waals surface area (Å²) in [6, 6.07) is 16.7. The molecule has 0 aliphatic carbocycles. The Hall–Kier alpha value is -3.79. The van der Waals surface area contributed by atoms with E-state index in [4.69, 9.17) is 19.2 Å². The van der Waals surface area contributed by atoms with E-state index < -0.39 is 18.1 Å². The SMILES string of the molecule is CCOC1C(C(=O)O)C=NN1c1cccc(-c2cccc(C)c2OCc2ccc3c(c2C)CCN([C@@H]2CCCOC2)C3)n1. The number of pyridine rings is 1. The first-order chi connectivity index (χ1) is 20.9. The minimum atomic E-state index is -0.983. The second-order valence-electron chi connectivity index (χ2n) is 11.5. The lowest BCUT2D eigenvalue weighted by molar-refractivity contribution is -0.143. The van der Waals surface area contributed by atoms with Gasteiger partial charge in [0.2, 0.25) is 0 Å². The molecule has 226 valence electrons. The monoisotopic (exact) mass is 584 g/mol. The predicted molar refractivity (Wildman–Crippen MR) is 165 cm³/mol. The molecule has 9 heteroatoms. The van der Waals surface area contributed by atoms with E-state index in [9.17, 15) is 9.90 Å². The van der Waals surface area contributed by atoms with Crippen molar-refractivity contribution in [3.63, 3.8) is 0 Å². The summed E-state index contributed by atoms with van der Waals surface area (Å²) in [6.45, 7) is 10.7. The van der Waals surface area contributed by atoms with Gasteiger partial charge in [-0.3, -0.25) is 9.69 Å². The summed E-state index contributed by atoms with van der Waals surface area (Å²) in [5.74, 6) is -0.554. The number of aliphatic carboxylic acids is 1. The number of rotatable bonds is 9. The lowest BCUT2D eigenvalue weighted by Crippen LogP contribution is -2.44. The number of carboxylic acids is 1. The summed E-state index contributed by atoms with van der Waals surface area (Å²) in [5.41, 5.74) is 7.97. The fraction of sp³-hybridized carbons (Fsp3) is 0.441. The quantitative estimate of drug-likeness (QED) is 0.360. The van der Waals surface area contributed by atoms with Crippen LogP contribution in [0.1, 0.15) is 47.6 Å². The van der Waals surface area contributed by atoms with Gasteiger partial charge in [-0.25, -0.2) is 9.99 Å². The number of hydrazone groups is 1. The third-order valence-corrected chi connectivity index (χ3v) is 8.83. The third kappa shape index (κ3) is 6.02. The first-order valence-electron chi connectivity index (χ1n) is 15.2. The molecule has 9 nitrogen and oxygen atoms in total. The van der Waals surface area contributed by atoms with E-state index in [0.717, 1.165) is 61.7 Å². The van der Waals surface area contributed by atoms with Crippen molar-refractivity contribution in [2.75, 3.05) is 31.4 Å². The van der Waals surface area contributed by atoms with Crippen molar-refractivity contribution in [1.29, 1.82) is 0 Å². The van der Waals surface area contributed by atoms with Crippen LogP contribution in [-0.2, 0) is 33.8 Å². The third-order valence-electron chi connectivity index (χ3n) is 8.83. The van der Waals surface area contributed by atoms with Gasteiger partial charge in [-0.15, -0.1) is 0 Å². The molecule has 0 bridgehead atoms. The van der Waals surface area contributed by atoms with Crippen LogP contribution in [0.2, 0.25) is 0 Å². The van der Waals surface area contributed by atoms with E-state index in [1.165, 1.54) is 34.9 Å². The number of anilines is 1. The van der Waals surface area contributed by atoms with Gasteiger partial charge in [-0.05, 0) is 86.1 Å². The Balaban J connectivity index is 1.21. The zero-order valence-electron chi connectivity index (χ0n) is 25.2. The zero-order chi connectivity index (χ0) is 29.9. The number of carboxylic acid groups (broad SMARTS) is 1. The van der Waals surface area contributed by atoms with Gasteiger partial charge in [0.05, 0.1) is 12.3 Å². The topological polar surface area (TPSA) is 96.7 Å². The summed E-state index contributed by atoms with van der Waals surface area (Å²) in [5, 5.41) is 15.5. The van der Waals surface area contributed by atoms with E-state index in [-0.39, 0.29) is 0 Å². The Labute approximate surface area is 253 Å². The predicted octanol–water partition coefficient (Wildman–Crippen LogP) is 5.35. The van der Waals surface area contributed by atoms with Crippen LogP contribution < -0.4 is 9.75 Å². The van der Waals surface area contributed by atoms with E-state index in [1.807, 2.05) is 50.2 Å². The molecule has 3 atom stereocenters. The van der Waals surface area contributed by atoms with Crippen molar-refractivity contribution < 1.29 is 24.1 Å². The second-order valence-corrected chi connectivity index (χ2v) is 11.5. The molecule has 2 aromatic carbocycles. The molecule has 3 aromatic rings. The van der Waals surface area contributed by atoms with Gasteiger partial charge in [0.25, 0.3) is 0 Å². The molecule has 3 aliphatic rings. The number of aromatic nitrogens is 1. The van der Waals surface area contributed by atoms with Crippen molar-refractivity contribution in [2.45, 2.75) is 65.5 Å². The normalized spacial score (nSPS) is 22.0. The molecule has 0 saturated carbocycles. The summed E-state index contributed by atoms with van der Waals surface area (Å²) >= 11 is 0. The van der Waals surface area contributed by atoms with Gasteiger partial charge >= 0.3 is 5.97 Å². The highest BCUT2D eigenvalue weighted by Gasteiger charge is 2.38.